The fourth-order valence-corrected chi connectivity index (χ4v) is 1.45. The van der Waals surface area contributed by atoms with E-state index in [0.717, 1.165) is 5.56 Å². The third-order valence-electron chi connectivity index (χ3n) is 2.47. The van der Waals surface area contributed by atoms with Gasteiger partial charge in [0.05, 0.1) is 24.8 Å². The minimum absolute atomic E-state index is 0.0136. The van der Waals surface area contributed by atoms with Crippen LogP contribution in [0.3, 0.4) is 0 Å². The first-order valence-corrected chi connectivity index (χ1v) is 6.41. The summed E-state index contributed by atoms with van der Waals surface area (Å²) in [5, 5.41) is 19.9. The van der Waals surface area contributed by atoms with Crippen molar-refractivity contribution < 1.29 is 14.6 Å². The lowest BCUT2D eigenvalue weighted by molar-refractivity contribution is -0.116. The Morgan fingerprint density at radius 2 is 2.10 bits per heavy atom. The molecule has 0 saturated carbocycles. The molecular weight excluding hydrogens is 256 g/mol. The van der Waals surface area contributed by atoms with Gasteiger partial charge in [-0.1, -0.05) is 12.1 Å². The number of hydrogen-bond donors (Lipinski definition) is 2. The summed E-state index contributed by atoms with van der Waals surface area (Å²) in [5.74, 6) is -0.170. The van der Waals surface area contributed by atoms with Crippen LogP contribution in [0, 0.1) is 11.3 Å². The summed E-state index contributed by atoms with van der Waals surface area (Å²) in [5.41, 5.74) is 1.46. The molecule has 1 aromatic rings. The van der Waals surface area contributed by atoms with Crippen molar-refractivity contribution in [2.24, 2.45) is 0 Å². The minimum Gasteiger partial charge on any atom is -0.394 e. The highest BCUT2D eigenvalue weighted by Gasteiger charge is 1.95. The summed E-state index contributed by atoms with van der Waals surface area (Å²) in [4.78, 5) is 11.5. The fraction of sp³-hybridized carbons (Fsp3) is 0.333. The molecule has 106 valence electrons. The Hall–Kier alpha value is -2.16. The highest BCUT2D eigenvalue weighted by molar-refractivity contribution is 5.91. The number of aliphatic hydroxyl groups is 1. The van der Waals surface area contributed by atoms with Crippen LogP contribution < -0.4 is 5.32 Å². The smallest absolute Gasteiger partial charge is 0.244 e. The summed E-state index contributed by atoms with van der Waals surface area (Å²) in [6.07, 6.45) is 3.85. The molecule has 0 saturated heterocycles. The quantitative estimate of drug-likeness (QED) is 0.549. The molecule has 0 aliphatic rings. The van der Waals surface area contributed by atoms with Crippen molar-refractivity contribution in [3.63, 3.8) is 0 Å². The first-order valence-electron chi connectivity index (χ1n) is 6.41. The average molecular weight is 274 g/mol. The Labute approximate surface area is 118 Å². The molecule has 2 N–H and O–H groups in total. The van der Waals surface area contributed by atoms with Crippen LogP contribution in [0.1, 0.15) is 17.5 Å². The molecule has 0 aliphatic carbocycles. The molecule has 0 heterocycles. The fourth-order valence-electron chi connectivity index (χ4n) is 1.45. The van der Waals surface area contributed by atoms with Gasteiger partial charge in [-0.3, -0.25) is 4.79 Å². The number of benzene rings is 1. The zero-order valence-corrected chi connectivity index (χ0v) is 11.2. The Bertz CT molecular complexity index is 475. The van der Waals surface area contributed by atoms with Crippen molar-refractivity contribution in [1.82, 2.24) is 5.32 Å². The van der Waals surface area contributed by atoms with E-state index >= 15 is 0 Å². The molecule has 0 spiro atoms. The van der Waals surface area contributed by atoms with Gasteiger partial charge in [0, 0.05) is 19.2 Å². The number of carbonyl (C=O) groups is 1. The highest BCUT2D eigenvalue weighted by Crippen LogP contribution is 2.04. The van der Waals surface area contributed by atoms with Crippen LogP contribution >= 0.6 is 0 Å². The molecule has 0 radical (unpaired) electrons. The van der Waals surface area contributed by atoms with E-state index < -0.39 is 0 Å². The lowest BCUT2D eigenvalue weighted by Crippen LogP contribution is -2.23. The van der Waals surface area contributed by atoms with E-state index in [4.69, 9.17) is 15.1 Å². The molecule has 0 aromatic heterocycles. The summed E-state index contributed by atoms with van der Waals surface area (Å²) in [6, 6.07) is 9.01. The van der Waals surface area contributed by atoms with Crippen LogP contribution in [-0.4, -0.2) is 37.4 Å². The number of ether oxygens (including phenoxy) is 1. The maximum absolute atomic E-state index is 11.5. The monoisotopic (exact) mass is 274 g/mol. The number of nitriles is 1. The molecule has 0 bridgehead atoms. The van der Waals surface area contributed by atoms with Crippen LogP contribution in [0.15, 0.2) is 30.3 Å². The van der Waals surface area contributed by atoms with Gasteiger partial charge in [-0.25, -0.2) is 0 Å². The third kappa shape index (κ3) is 6.69. The first kappa shape index (κ1) is 15.9. The Kier molecular flexibility index (Phi) is 7.73. The van der Waals surface area contributed by atoms with Gasteiger partial charge in [-0.2, -0.15) is 5.26 Å². The number of carbonyl (C=O) groups excluding carboxylic acids is 1. The Morgan fingerprint density at radius 3 is 2.75 bits per heavy atom. The molecule has 1 rings (SSSR count). The second-order valence-corrected chi connectivity index (χ2v) is 4.05. The van der Waals surface area contributed by atoms with Crippen molar-refractivity contribution in [3.05, 3.63) is 41.5 Å². The first-order chi connectivity index (χ1) is 9.76. The van der Waals surface area contributed by atoms with Crippen LogP contribution in [0.25, 0.3) is 6.08 Å². The van der Waals surface area contributed by atoms with Crippen molar-refractivity contribution in [2.45, 2.75) is 6.42 Å². The lowest BCUT2D eigenvalue weighted by atomic mass is 10.1. The van der Waals surface area contributed by atoms with Gasteiger partial charge in [0.25, 0.3) is 0 Å². The maximum atomic E-state index is 11.5. The lowest BCUT2D eigenvalue weighted by Gasteiger charge is -2.03. The van der Waals surface area contributed by atoms with Crippen molar-refractivity contribution >= 4 is 12.0 Å². The molecule has 0 fully saturated rings. The predicted octanol–water partition coefficient (Wildman–Crippen LogP) is 1.09. The van der Waals surface area contributed by atoms with E-state index in [-0.39, 0.29) is 12.5 Å². The number of nitrogens with zero attached hydrogens (tertiary/aromatic N) is 1. The van der Waals surface area contributed by atoms with Gasteiger partial charge in [-0.05, 0) is 30.2 Å². The van der Waals surface area contributed by atoms with Gasteiger partial charge in [0.15, 0.2) is 0 Å². The molecule has 5 heteroatoms. The van der Waals surface area contributed by atoms with Crippen LogP contribution in [0.4, 0.5) is 0 Å². The zero-order valence-electron chi connectivity index (χ0n) is 11.2. The molecule has 1 aromatic carbocycles. The number of nitrogens with one attached hydrogen (secondary N) is 1. The SMILES string of the molecule is N#Cc1ccc(/C=C/C(=O)NCCCOCCO)cc1. The molecule has 20 heavy (non-hydrogen) atoms. The van der Waals surface area contributed by atoms with E-state index in [1.54, 1.807) is 30.3 Å². The van der Waals surface area contributed by atoms with Crippen LogP contribution in [0.2, 0.25) is 0 Å². The third-order valence-corrected chi connectivity index (χ3v) is 2.47. The van der Waals surface area contributed by atoms with Gasteiger partial charge >= 0.3 is 0 Å². The van der Waals surface area contributed by atoms with Gasteiger partial charge in [-0.15, -0.1) is 0 Å². The van der Waals surface area contributed by atoms with E-state index in [1.807, 2.05) is 6.07 Å². The number of aliphatic hydroxyl groups excluding tert-OH is 1. The molecule has 1 amide bonds. The number of hydrogen-bond acceptors (Lipinski definition) is 4. The minimum atomic E-state index is -0.170. The van der Waals surface area contributed by atoms with Crippen molar-refractivity contribution in [3.8, 4) is 6.07 Å². The zero-order chi connectivity index (χ0) is 14.6. The second kappa shape index (κ2) is 9.73. The summed E-state index contributed by atoms with van der Waals surface area (Å²) >= 11 is 0. The number of amides is 1. The summed E-state index contributed by atoms with van der Waals surface area (Å²) in [7, 11) is 0. The Balaban J connectivity index is 2.24. The van der Waals surface area contributed by atoms with Crippen molar-refractivity contribution in [2.75, 3.05) is 26.4 Å². The standard InChI is InChI=1S/C15H18N2O3/c16-12-14-4-2-13(3-5-14)6-7-15(19)17-8-1-10-20-11-9-18/h2-7,18H,1,8-11H2,(H,17,19)/b7-6+. The normalized spacial score (nSPS) is 10.4. The summed E-state index contributed by atoms with van der Waals surface area (Å²) < 4.78 is 5.07. The largest absolute Gasteiger partial charge is 0.394 e. The van der Waals surface area contributed by atoms with E-state index in [0.29, 0.717) is 31.7 Å². The van der Waals surface area contributed by atoms with Gasteiger partial charge in [0.2, 0.25) is 5.91 Å². The highest BCUT2D eigenvalue weighted by atomic mass is 16.5. The van der Waals surface area contributed by atoms with E-state index in [9.17, 15) is 4.79 Å². The number of rotatable bonds is 8. The van der Waals surface area contributed by atoms with Gasteiger partial charge in [0.1, 0.15) is 0 Å². The maximum Gasteiger partial charge on any atom is 0.244 e. The molecule has 0 atom stereocenters. The van der Waals surface area contributed by atoms with Crippen LogP contribution in [0.5, 0.6) is 0 Å². The molecule has 5 nitrogen and oxygen atoms in total. The molecular formula is C15H18N2O3. The topological polar surface area (TPSA) is 82.4 Å². The predicted molar refractivity (Wildman–Crippen MR) is 75.7 cm³/mol. The van der Waals surface area contributed by atoms with Crippen LogP contribution in [-0.2, 0) is 9.53 Å². The van der Waals surface area contributed by atoms with Gasteiger partial charge < -0.3 is 15.2 Å². The Morgan fingerprint density at radius 1 is 1.35 bits per heavy atom. The van der Waals surface area contributed by atoms with E-state index in [2.05, 4.69) is 5.32 Å². The molecule has 0 unspecified atom stereocenters. The molecule has 0 aliphatic heterocycles. The van der Waals surface area contributed by atoms with E-state index in [1.165, 1.54) is 6.08 Å². The second-order valence-electron chi connectivity index (χ2n) is 4.05. The van der Waals surface area contributed by atoms with Crippen molar-refractivity contribution in [1.29, 1.82) is 5.26 Å². The summed E-state index contributed by atoms with van der Waals surface area (Å²) in [6.45, 7) is 1.38. The average Bonchev–Trinajstić information content (AvgIpc) is 2.49.